The van der Waals surface area contributed by atoms with E-state index in [1.54, 1.807) is 31.0 Å². The number of nitrogens with one attached hydrogen (secondary N) is 2. The predicted molar refractivity (Wildman–Crippen MR) is 135 cm³/mol. The molecule has 4 aromatic rings. The maximum Gasteiger partial charge on any atom is 0.229 e. The summed E-state index contributed by atoms with van der Waals surface area (Å²) in [4.78, 5) is 26.9. The van der Waals surface area contributed by atoms with Crippen LogP contribution in [0.25, 0.3) is 21.1 Å². The number of methoxy groups -OCH3 is 1. The molecule has 1 amide bonds. The van der Waals surface area contributed by atoms with Crippen LogP contribution < -0.4 is 10.1 Å². The second-order valence-electron chi connectivity index (χ2n) is 9.70. The van der Waals surface area contributed by atoms with Gasteiger partial charge >= 0.3 is 0 Å². The van der Waals surface area contributed by atoms with Gasteiger partial charge in [-0.2, -0.15) is 5.10 Å². The third kappa shape index (κ3) is 3.71. The molecule has 3 aromatic heterocycles. The van der Waals surface area contributed by atoms with Gasteiger partial charge in [-0.15, -0.1) is 11.3 Å². The van der Waals surface area contributed by atoms with E-state index in [0.717, 1.165) is 51.9 Å². The van der Waals surface area contributed by atoms with E-state index in [0.29, 0.717) is 25.5 Å². The quantitative estimate of drug-likeness (QED) is 0.443. The summed E-state index contributed by atoms with van der Waals surface area (Å²) in [5.41, 5.74) is 2.55. The van der Waals surface area contributed by atoms with Crippen LogP contribution in [0.15, 0.2) is 24.7 Å². The molecule has 0 unspecified atom stereocenters. The third-order valence-electron chi connectivity index (χ3n) is 7.31. The van der Waals surface area contributed by atoms with Crippen LogP contribution in [0, 0.1) is 5.41 Å². The molecule has 1 aromatic carbocycles. The van der Waals surface area contributed by atoms with Crippen molar-refractivity contribution in [1.82, 2.24) is 25.1 Å². The average Bonchev–Trinajstić information content (AvgIpc) is 3.47. The van der Waals surface area contributed by atoms with E-state index in [-0.39, 0.29) is 11.9 Å². The molecule has 1 aliphatic carbocycles. The van der Waals surface area contributed by atoms with Crippen molar-refractivity contribution in [3.8, 4) is 5.75 Å². The molecule has 10 heteroatoms. The Hall–Kier alpha value is -3.24. The molecule has 1 aliphatic heterocycles. The topological polar surface area (TPSA) is 105 Å². The lowest BCUT2D eigenvalue weighted by molar-refractivity contribution is -0.150. The first-order chi connectivity index (χ1) is 17.0. The molecule has 4 heterocycles. The molecule has 9 nitrogen and oxygen atoms in total. The van der Waals surface area contributed by atoms with Gasteiger partial charge in [0.1, 0.15) is 22.7 Å². The van der Waals surface area contributed by atoms with Crippen LogP contribution in [0.5, 0.6) is 5.75 Å². The Kier molecular flexibility index (Phi) is 5.37. The van der Waals surface area contributed by atoms with Crippen LogP contribution in [-0.4, -0.2) is 63.9 Å². The highest BCUT2D eigenvalue weighted by molar-refractivity contribution is 7.19. The summed E-state index contributed by atoms with van der Waals surface area (Å²) in [6, 6.07) is 4.04. The van der Waals surface area contributed by atoms with Crippen LogP contribution in [-0.2, 0) is 22.4 Å². The number of fused-ring (bicyclic) bond motifs is 4. The minimum atomic E-state index is -0.421. The fourth-order valence-corrected chi connectivity index (χ4v) is 6.68. The maximum atomic E-state index is 13.6. The molecule has 2 aliphatic rings. The molecular formula is C25H28N6O3S. The smallest absolute Gasteiger partial charge is 0.229 e. The zero-order valence-corrected chi connectivity index (χ0v) is 20.9. The first-order valence-electron chi connectivity index (χ1n) is 11.9. The van der Waals surface area contributed by atoms with Crippen LogP contribution in [0.4, 0.5) is 11.5 Å². The molecule has 0 spiro atoms. The Morgan fingerprint density at radius 2 is 2.26 bits per heavy atom. The van der Waals surface area contributed by atoms with E-state index in [1.807, 2.05) is 17.0 Å². The number of morpholine rings is 1. The minimum absolute atomic E-state index is 0.112. The molecular weight excluding hydrogens is 464 g/mol. The third-order valence-corrected chi connectivity index (χ3v) is 8.45. The molecule has 2 atom stereocenters. The number of amides is 1. The number of aromatic nitrogens is 4. The minimum Gasteiger partial charge on any atom is -0.494 e. The van der Waals surface area contributed by atoms with Crippen molar-refractivity contribution in [1.29, 1.82) is 0 Å². The SMILES string of the molecule is COc1cc2[nH]ncc2cc1Nc1ncnc2sc3c(c12)CC[C@](C)(C(=O)N1CCOC[C@H]1C)C3. The molecule has 1 fully saturated rings. The van der Waals surface area contributed by atoms with Crippen molar-refractivity contribution in [3.05, 3.63) is 35.1 Å². The Morgan fingerprint density at radius 3 is 3.09 bits per heavy atom. The van der Waals surface area contributed by atoms with Crippen LogP contribution >= 0.6 is 11.3 Å². The van der Waals surface area contributed by atoms with Gasteiger partial charge in [-0.3, -0.25) is 9.89 Å². The number of benzene rings is 1. The summed E-state index contributed by atoms with van der Waals surface area (Å²) >= 11 is 1.67. The zero-order chi connectivity index (χ0) is 24.2. The van der Waals surface area contributed by atoms with Crippen molar-refractivity contribution >= 4 is 49.9 Å². The fourth-order valence-electron chi connectivity index (χ4n) is 5.31. The van der Waals surface area contributed by atoms with E-state index in [1.165, 1.54) is 10.4 Å². The van der Waals surface area contributed by atoms with E-state index >= 15 is 0 Å². The molecule has 35 heavy (non-hydrogen) atoms. The normalized spacial score (nSPS) is 22.4. The number of carbonyl (C=O) groups is 1. The highest BCUT2D eigenvalue weighted by atomic mass is 32.1. The van der Waals surface area contributed by atoms with Crippen LogP contribution in [0.3, 0.4) is 0 Å². The Balaban J connectivity index is 1.35. The monoisotopic (exact) mass is 492 g/mol. The highest BCUT2D eigenvalue weighted by Gasteiger charge is 2.42. The molecule has 0 saturated carbocycles. The van der Waals surface area contributed by atoms with Crippen LogP contribution in [0.2, 0.25) is 0 Å². The number of hydrogen-bond acceptors (Lipinski definition) is 8. The van der Waals surface area contributed by atoms with E-state index < -0.39 is 5.41 Å². The highest BCUT2D eigenvalue weighted by Crippen LogP contribution is 2.46. The van der Waals surface area contributed by atoms with E-state index in [4.69, 9.17) is 9.47 Å². The Morgan fingerprint density at radius 1 is 1.37 bits per heavy atom. The van der Waals surface area contributed by atoms with Gasteiger partial charge in [-0.1, -0.05) is 6.92 Å². The number of aromatic amines is 1. The number of hydrogen-bond donors (Lipinski definition) is 2. The lowest BCUT2D eigenvalue weighted by atomic mass is 9.74. The summed E-state index contributed by atoms with van der Waals surface area (Å²) in [7, 11) is 1.65. The van der Waals surface area contributed by atoms with Crippen molar-refractivity contribution in [2.45, 2.75) is 39.2 Å². The molecule has 6 rings (SSSR count). The van der Waals surface area contributed by atoms with Crippen molar-refractivity contribution in [3.63, 3.8) is 0 Å². The molecule has 1 saturated heterocycles. The van der Waals surface area contributed by atoms with Gasteiger partial charge in [0.15, 0.2) is 0 Å². The zero-order valence-electron chi connectivity index (χ0n) is 20.1. The largest absolute Gasteiger partial charge is 0.494 e. The second kappa shape index (κ2) is 8.46. The van der Waals surface area contributed by atoms with Crippen LogP contribution in [0.1, 0.15) is 30.7 Å². The molecule has 0 radical (unpaired) electrons. The number of nitrogens with zero attached hydrogens (tertiary/aromatic N) is 4. The van der Waals surface area contributed by atoms with E-state index in [2.05, 4.69) is 39.3 Å². The average molecular weight is 493 g/mol. The maximum absolute atomic E-state index is 13.6. The van der Waals surface area contributed by atoms with Gasteiger partial charge in [0, 0.05) is 22.9 Å². The standard InChI is InChI=1S/C25H28N6O3S/c1-14-12-34-7-6-31(14)24(32)25(2)5-4-16-20(10-25)35-23-21(16)22(26-13-27-23)29-18-8-15-11-28-30-17(15)9-19(18)33-3/h8-9,11,13-14H,4-7,10,12H2,1-3H3,(H,28,30)(H,26,27,29)/t14-,25+/m1/s1. The number of H-pyrrole nitrogens is 1. The van der Waals surface area contributed by atoms with Gasteiger partial charge in [0.05, 0.1) is 54.6 Å². The van der Waals surface area contributed by atoms with Gasteiger partial charge < -0.3 is 19.7 Å². The summed E-state index contributed by atoms with van der Waals surface area (Å²) in [6.07, 6.45) is 5.71. The Labute approximate surface area is 206 Å². The summed E-state index contributed by atoms with van der Waals surface area (Å²) in [5, 5.41) is 12.6. The number of anilines is 2. The first kappa shape index (κ1) is 22.2. The van der Waals surface area contributed by atoms with Crippen molar-refractivity contribution in [2.24, 2.45) is 5.41 Å². The lowest BCUT2D eigenvalue weighted by Crippen LogP contribution is -2.53. The number of ether oxygens (including phenoxy) is 2. The van der Waals surface area contributed by atoms with Crippen molar-refractivity contribution < 1.29 is 14.3 Å². The predicted octanol–water partition coefficient (Wildman–Crippen LogP) is 4.06. The van der Waals surface area contributed by atoms with Gasteiger partial charge in [0.2, 0.25) is 5.91 Å². The first-order valence-corrected chi connectivity index (χ1v) is 12.7. The lowest BCUT2D eigenvalue weighted by Gasteiger charge is -2.41. The number of rotatable bonds is 4. The van der Waals surface area contributed by atoms with Gasteiger partial charge in [0.25, 0.3) is 0 Å². The molecule has 182 valence electrons. The van der Waals surface area contributed by atoms with Gasteiger partial charge in [-0.05, 0) is 37.8 Å². The van der Waals surface area contributed by atoms with Gasteiger partial charge in [-0.25, -0.2) is 9.97 Å². The number of thiophene rings is 1. The van der Waals surface area contributed by atoms with Crippen molar-refractivity contribution in [2.75, 3.05) is 32.2 Å². The summed E-state index contributed by atoms with van der Waals surface area (Å²) in [5.74, 6) is 1.69. The molecule has 0 bridgehead atoms. The van der Waals surface area contributed by atoms with E-state index in [9.17, 15) is 4.79 Å². The number of aryl methyl sites for hydroxylation is 1. The fraction of sp³-hybridized carbons (Fsp3) is 0.440. The summed E-state index contributed by atoms with van der Waals surface area (Å²) in [6.45, 7) is 6.06. The Bertz CT molecular complexity index is 1430. The molecule has 2 N–H and O–H groups in total. The summed E-state index contributed by atoms with van der Waals surface area (Å²) < 4.78 is 11.2. The second-order valence-corrected chi connectivity index (χ2v) is 10.8. The number of carbonyl (C=O) groups excluding carboxylic acids is 1.